The molecule has 2 heterocycles. The Morgan fingerprint density at radius 1 is 1.13 bits per heavy atom. The third-order valence-corrected chi connectivity index (χ3v) is 6.10. The van der Waals surface area contributed by atoms with Crippen molar-refractivity contribution in [1.29, 1.82) is 0 Å². The number of fused-ring (bicyclic) bond motifs is 2. The Hall–Kier alpha value is -1.60. The van der Waals surface area contributed by atoms with Gasteiger partial charge < -0.3 is 9.64 Å². The van der Waals surface area contributed by atoms with E-state index in [1.165, 1.54) is 4.31 Å². The Kier molecular flexibility index (Phi) is 3.88. The summed E-state index contributed by atoms with van der Waals surface area (Å²) in [6, 6.07) is 8.16. The summed E-state index contributed by atoms with van der Waals surface area (Å²) in [5, 5.41) is 0. The van der Waals surface area contributed by atoms with E-state index in [0.717, 1.165) is 0 Å². The SMILES string of the molecule is CC(C)(C)OC(=O)N1CC2CC1CN2S(=O)(=O)c1ccccc1. The number of piperazine rings is 1. The van der Waals surface area contributed by atoms with Gasteiger partial charge in [-0.25, -0.2) is 13.2 Å². The third-order valence-electron chi connectivity index (χ3n) is 4.17. The molecule has 2 aliphatic rings. The van der Waals surface area contributed by atoms with Crippen molar-refractivity contribution in [3.05, 3.63) is 30.3 Å². The third kappa shape index (κ3) is 3.07. The molecule has 126 valence electrons. The van der Waals surface area contributed by atoms with E-state index in [9.17, 15) is 13.2 Å². The molecule has 2 bridgehead atoms. The van der Waals surface area contributed by atoms with Crippen LogP contribution in [-0.2, 0) is 14.8 Å². The second kappa shape index (κ2) is 5.49. The topological polar surface area (TPSA) is 66.9 Å². The highest BCUT2D eigenvalue weighted by atomic mass is 32.2. The van der Waals surface area contributed by atoms with Gasteiger partial charge in [-0.2, -0.15) is 4.31 Å². The molecule has 0 aromatic heterocycles. The average Bonchev–Trinajstić information content (AvgIpc) is 3.07. The molecule has 2 fully saturated rings. The molecule has 0 spiro atoms. The number of hydrogen-bond acceptors (Lipinski definition) is 4. The maximum absolute atomic E-state index is 12.7. The zero-order valence-corrected chi connectivity index (χ0v) is 14.4. The Bertz CT molecular complexity index is 697. The van der Waals surface area contributed by atoms with E-state index in [1.807, 2.05) is 20.8 Å². The molecule has 2 unspecified atom stereocenters. The van der Waals surface area contributed by atoms with Gasteiger partial charge in [-0.05, 0) is 39.3 Å². The maximum atomic E-state index is 12.7. The van der Waals surface area contributed by atoms with Crippen molar-refractivity contribution >= 4 is 16.1 Å². The summed E-state index contributed by atoms with van der Waals surface area (Å²) in [6.07, 6.45) is 0.312. The van der Waals surface area contributed by atoms with Crippen molar-refractivity contribution in [2.75, 3.05) is 13.1 Å². The highest BCUT2D eigenvalue weighted by Gasteiger charge is 2.50. The van der Waals surface area contributed by atoms with Crippen molar-refractivity contribution in [3.8, 4) is 0 Å². The number of likely N-dealkylation sites (tertiary alicyclic amines) is 1. The van der Waals surface area contributed by atoms with Gasteiger partial charge in [-0.1, -0.05) is 18.2 Å². The lowest BCUT2D eigenvalue weighted by atomic mass is 10.2. The molecular weight excluding hydrogens is 316 g/mol. The van der Waals surface area contributed by atoms with Crippen LogP contribution < -0.4 is 0 Å². The molecule has 1 aromatic rings. The van der Waals surface area contributed by atoms with Crippen molar-refractivity contribution in [2.24, 2.45) is 0 Å². The number of nitrogens with zero attached hydrogens (tertiary/aromatic N) is 2. The molecule has 0 saturated carbocycles. The first-order valence-electron chi connectivity index (χ1n) is 7.75. The van der Waals surface area contributed by atoms with E-state index in [-0.39, 0.29) is 18.2 Å². The highest BCUT2D eigenvalue weighted by molar-refractivity contribution is 7.89. The van der Waals surface area contributed by atoms with Gasteiger partial charge >= 0.3 is 6.09 Å². The fourth-order valence-electron chi connectivity index (χ4n) is 3.20. The van der Waals surface area contributed by atoms with Crippen molar-refractivity contribution < 1.29 is 17.9 Å². The van der Waals surface area contributed by atoms with Crippen LogP contribution in [0.4, 0.5) is 4.79 Å². The second-order valence-corrected chi connectivity index (χ2v) is 8.95. The lowest BCUT2D eigenvalue weighted by Crippen LogP contribution is -2.51. The monoisotopic (exact) mass is 338 g/mol. The smallest absolute Gasteiger partial charge is 0.410 e. The minimum atomic E-state index is -3.50. The van der Waals surface area contributed by atoms with Crippen LogP contribution in [0.25, 0.3) is 0 Å². The van der Waals surface area contributed by atoms with Crippen LogP contribution in [-0.4, -0.2) is 54.5 Å². The Morgan fingerprint density at radius 2 is 1.78 bits per heavy atom. The van der Waals surface area contributed by atoms with Gasteiger partial charge in [0, 0.05) is 19.1 Å². The summed E-state index contributed by atoms with van der Waals surface area (Å²) >= 11 is 0. The van der Waals surface area contributed by atoms with Gasteiger partial charge in [-0.15, -0.1) is 0 Å². The van der Waals surface area contributed by atoms with Crippen LogP contribution in [0.2, 0.25) is 0 Å². The zero-order chi connectivity index (χ0) is 16.8. The predicted molar refractivity (Wildman–Crippen MR) is 85.5 cm³/mol. The minimum absolute atomic E-state index is 0.103. The fourth-order valence-corrected chi connectivity index (χ4v) is 4.88. The zero-order valence-electron chi connectivity index (χ0n) is 13.6. The summed E-state index contributed by atoms with van der Waals surface area (Å²) in [6.45, 7) is 6.20. The van der Waals surface area contributed by atoms with E-state index < -0.39 is 15.6 Å². The summed E-state index contributed by atoms with van der Waals surface area (Å²) in [4.78, 5) is 14.2. The standard InChI is InChI=1S/C16H22N2O4S/c1-16(2,3)22-15(19)17-10-13-9-12(17)11-18(13)23(20,21)14-7-5-4-6-8-14/h4-8,12-13H,9-11H2,1-3H3. The second-order valence-electron chi connectivity index (χ2n) is 7.06. The van der Waals surface area contributed by atoms with Gasteiger partial charge in [-0.3, -0.25) is 0 Å². The molecule has 0 aliphatic carbocycles. The number of benzene rings is 1. The molecule has 2 aliphatic heterocycles. The van der Waals surface area contributed by atoms with E-state index in [1.54, 1.807) is 35.2 Å². The van der Waals surface area contributed by atoms with Gasteiger partial charge in [0.15, 0.2) is 0 Å². The first kappa shape index (κ1) is 16.3. The van der Waals surface area contributed by atoms with Crippen LogP contribution in [0, 0.1) is 0 Å². The quantitative estimate of drug-likeness (QED) is 0.828. The summed E-state index contributed by atoms with van der Waals surface area (Å²) in [5.41, 5.74) is -0.547. The molecule has 3 rings (SSSR count). The van der Waals surface area contributed by atoms with Crippen LogP contribution in [0.3, 0.4) is 0 Å². The summed E-state index contributed by atoms with van der Waals surface area (Å²) in [7, 11) is -3.50. The molecular formula is C16H22N2O4S. The van der Waals surface area contributed by atoms with Gasteiger partial charge in [0.1, 0.15) is 5.60 Å². The lowest BCUT2D eigenvalue weighted by Gasteiger charge is -2.34. The van der Waals surface area contributed by atoms with Crippen molar-refractivity contribution in [2.45, 2.75) is 49.8 Å². The Labute approximate surface area is 137 Å². The fraction of sp³-hybridized carbons (Fsp3) is 0.562. The van der Waals surface area contributed by atoms with Crippen LogP contribution in [0.15, 0.2) is 35.2 Å². The van der Waals surface area contributed by atoms with Gasteiger partial charge in [0.05, 0.1) is 10.9 Å². The van der Waals surface area contributed by atoms with E-state index >= 15 is 0 Å². The van der Waals surface area contributed by atoms with E-state index in [0.29, 0.717) is 24.4 Å². The largest absolute Gasteiger partial charge is 0.444 e. The number of sulfonamides is 1. The molecule has 1 aromatic carbocycles. The first-order valence-corrected chi connectivity index (χ1v) is 9.19. The molecule has 0 N–H and O–H groups in total. The van der Waals surface area contributed by atoms with Crippen molar-refractivity contribution in [1.82, 2.24) is 9.21 Å². The molecule has 23 heavy (non-hydrogen) atoms. The number of rotatable bonds is 2. The maximum Gasteiger partial charge on any atom is 0.410 e. The number of ether oxygens (including phenoxy) is 1. The lowest BCUT2D eigenvalue weighted by molar-refractivity contribution is 0.0173. The number of hydrogen-bond donors (Lipinski definition) is 0. The molecule has 2 saturated heterocycles. The Morgan fingerprint density at radius 3 is 2.30 bits per heavy atom. The van der Waals surface area contributed by atoms with Gasteiger partial charge in [0.25, 0.3) is 0 Å². The number of carbonyl (C=O) groups excluding carboxylic acids is 1. The van der Waals surface area contributed by atoms with E-state index in [2.05, 4.69) is 0 Å². The normalized spacial score (nSPS) is 24.9. The highest BCUT2D eigenvalue weighted by Crippen LogP contribution is 2.35. The molecule has 2 atom stereocenters. The van der Waals surface area contributed by atoms with Crippen molar-refractivity contribution in [3.63, 3.8) is 0 Å². The summed E-state index contributed by atoms with van der Waals surface area (Å²) < 4.78 is 32.4. The predicted octanol–water partition coefficient (Wildman–Crippen LogP) is 2.07. The van der Waals surface area contributed by atoms with Crippen LogP contribution in [0.5, 0.6) is 0 Å². The van der Waals surface area contributed by atoms with Crippen LogP contribution >= 0.6 is 0 Å². The molecule has 7 heteroatoms. The van der Waals surface area contributed by atoms with Crippen LogP contribution in [0.1, 0.15) is 27.2 Å². The van der Waals surface area contributed by atoms with Gasteiger partial charge in [0.2, 0.25) is 10.0 Å². The Balaban J connectivity index is 1.73. The molecule has 0 radical (unpaired) electrons. The average molecular weight is 338 g/mol. The number of carbonyl (C=O) groups is 1. The number of amides is 1. The summed E-state index contributed by atoms with van der Waals surface area (Å²) in [5.74, 6) is 0. The van der Waals surface area contributed by atoms with E-state index in [4.69, 9.17) is 4.74 Å². The first-order chi connectivity index (χ1) is 10.7. The molecule has 1 amide bonds. The molecule has 6 nitrogen and oxygen atoms in total. The minimum Gasteiger partial charge on any atom is -0.444 e.